The van der Waals surface area contributed by atoms with E-state index >= 15 is 0 Å². The van der Waals surface area contributed by atoms with Gasteiger partial charge in [-0.25, -0.2) is 0 Å². The highest BCUT2D eigenvalue weighted by atomic mass is 16.7. The Morgan fingerprint density at radius 2 is 1.84 bits per heavy atom. The average molecular weight is 266 g/mol. The van der Waals surface area contributed by atoms with Crippen LogP contribution < -0.4 is 5.32 Å². The molecule has 0 aliphatic carbocycles. The number of nitrogens with zero attached hydrogens (tertiary/aromatic N) is 1. The summed E-state index contributed by atoms with van der Waals surface area (Å²) < 4.78 is 10.3. The maximum Gasteiger partial charge on any atom is 0.173 e. The number of hydrogen-bond donors (Lipinski definition) is 1. The Hall–Kier alpha value is -1.10. The number of anilines is 1. The summed E-state index contributed by atoms with van der Waals surface area (Å²) in [5.74, 6) is 0. The van der Waals surface area contributed by atoms with Gasteiger partial charge in [0.05, 0.1) is 6.54 Å². The normalized spacial score (nSPS) is 11.3. The average Bonchev–Trinajstić information content (AvgIpc) is 2.46. The first-order valence-corrected chi connectivity index (χ1v) is 6.84. The van der Waals surface area contributed by atoms with Crippen LogP contribution in [0.2, 0.25) is 0 Å². The summed E-state index contributed by atoms with van der Waals surface area (Å²) in [7, 11) is 3.29. The first kappa shape index (κ1) is 16.0. The number of hydrogen-bond acceptors (Lipinski definition) is 4. The Balaban J connectivity index is 2.56. The molecule has 19 heavy (non-hydrogen) atoms. The van der Waals surface area contributed by atoms with Crippen molar-refractivity contribution in [2.75, 3.05) is 39.2 Å². The Morgan fingerprint density at radius 1 is 1.16 bits per heavy atom. The fourth-order valence-electron chi connectivity index (χ4n) is 1.95. The van der Waals surface area contributed by atoms with E-state index in [1.807, 2.05) is 0 Å². The highest BCUT2D eigenvalue weighted by molar-refractivity contribution is 5.45. The molecule has 4 nitrogen and oxygen atoms in total. The van der Waals surface area contributed by atoms with Crippen LogP contribution in [-0.4, -0.2) is 45.0 Å². The quantitative estimate of drug-likeness (QED) is 0.697. The molecule has 1 aromatic rings. The molecular weight excluding hydrogens is 240 g/mol. The van der Waals surface area contributed by atoms with Gasteiger partial charge in [0.25, 0.3) is 0 Å². The first-order chi connectivity index (χ1) is 9.23. The van der Waals surface area contributed by atoms with E-state index in [0.717, 1.165) is 25.3 Å². The van der Waals surface area contributed by atoms with Crippen molar-refractivity contribution in [3.63, 3.8) is 0 Å². The largest absolute Gasteiger partial charge is 0.380 e. The Labute approximate surface area is 116 Å². The molecule has 1 N–H and O–H groups in total. The standard InChI is InChI=1S/C15H26N2O2/c1-5-17(6-2)12-13-8-7-9-14(10-13)16-11-15(18-3)19-4/h7-10,15-16H,5-6,11-12H2,1-4H3. The molecule has 0 aliphatic rings. The van der Waals surface area contributed by atoms with Crippen molar-refractivity contribution in [1.82, 2.24) is 4.90 Å². The van der Waals surface area contributed by atoms with Crippen molar-refractivity contribution in [2.24, 2.45) is 0 Å². The van der Waals surface area contributed by atoms with E-state index < -0.39 is 0 Å². The minimum absolute atomic E-state index is 0.216. The van der Waals surface area contributed by atoms with Gasteiger partial charge in [0.1, 0.15) is 0 Å². The maximum absolute atomic E-state index is 5.16. The van der Waals surface area contributed by atoms with Crippen LogP contribution in [0.3, 0.4) is 0 Å². The van der Waals surface area contributed by atoms with Gasteiger partial charge in [0.2, 0.25) is 0 Å². The summed E-state index contributed by atoms with van der Waals surface area (Å²) in [5, 5.41) is 3.33. The first-order valence-electron chi connectivity index (χ1n) is 6.84. The fraction of sp³-hybridized carbons (Fsp3) is 0.600. The molecule has 1 rings (SSSR count). The summed E-state index contributed by atoms with van der Waals surface area (Å²) in [6, 6.07) is 8.48. The molecule has 0 aromatic heterocycles. The molecular formula is C15H26N2O2. The lowest BCUT2D eigenvalue weighted by Crippen LogP contribution is -2.24. The van der Waals surface area contributed by atoms with Crippen molar-refractivity contribution in [3.8, 4) is 0 Å². The number of rotatable bonds is 9. The van der Waals surface area contributed by atoms with Gasteiger partial charge in [-0.1, -0.05) is 26.0 Å². The summed E-state index contributed by atoms with van der Waals surface area (Å²) in [6.45, 7) is 8.15. The third-order valence-corrected chi connectivity index (χ3v) is 3.23. The maximum atomic E-state index is 5.16. The van der Waals surface area contributed by atoms with Crippen LogP contribution >= 0.6 is 0 Å². The lowest BCUT2D eigenvalue weighted by Gasteiger charge is -2.19. The molecule has 0 aliphatic heterocycles. The number of benzene rings is 1. The second kappa shape index (κ2) is 8.91. The van der Waals surface area contributed by atoms with Crippen LogP contribution in [0, 0.1) is 0 Å². The summed E-state index contributed by atoms with van der Waals surface area (Å²) >= 11 is 0. The summed E-state index contributed by atoms with van der Waals surface area (Å²) in [4.78, 5) is 2.40. The second-order valence-corrected chi connectivity index (χ2v) is 4.44. The molecule has 0 radical (unpaired) electrons. The van der Waals surface area contributed by atoms with E-state index in [0.29, 0.717) is 6.54 Å². The summed E-state index contributed by atoms with van der Waals surface area (Å²) in [6.07, 6.45) is -0.216. The Bertz CT molecular complexity index is 350. The van der Waals surface area contributed by atoms with Crippen LogP contribution in [-0.2, 0) is 16.0 Å². The fourth-order valence-corrected chi connectivity index (χ4v) is 1.95. The van der Waals surface area contributed by atoms with Crippen molar-refractivity contribution >= 4 is 5.69 Å². The van der Waals surface area contributed by atoms with Gasteiger partial charge in [0.15, 0.2) is 6.29 Å². The van der Waals surface area contributed by atoms with Gasteiger partial charge >= 0.3 is 0 Å². The molecule has 0 fully saturated rings. The van der Waals surface area contributed by atoms with E-state index in [1.165, 1.54) is 5.56 Å². The van der Waals surface area contributed by atoms with Crippen molar-refractivity contribution < 1.29 is 9.47 Å². The van der Waals surface area contributed by atoms with Crippen LogP contribution in [0.5, 0.6) is 0 Å². The third kappa shape index (κ3) is 5.59. The van der Waals surface area contributed by atoms with E-state index in [9.17, 15) is 0 Å². The molecule has 108 valence electrons. The predicted molar refractivity (Wildman–Crippen MR) is 79.4 cm³/mol. The molecule has 0 atom stereocenters. The van der Waals surface area contributed by atoms with Gasteiger partial charge in [-0.2, -0.15) is 0 Å². The zero-order valence-corrected chi connectivity index (χ0v) is 12.5. The highest BCUT2D eigenvalue weighted by Crippen LogP contribution is 2.13. The van der Waals surface area contributed by atoms with Crippen LogP contribution in [0.4, 0.5) is 5.69 Å². The zero-order chi connectivity index (χ0) is 14.1. The van der Waals surface area contributed by atoms with E-state index in [-0.39, 0.29) is 6.29 Å². The molecule has 0 saturated heterocycles. The van der Waals surface area contributed by atoms with Crippen molar-refractivity contribution in [1.29, 1.82) is 0 Å². The number of ether oxygens (including phenoxy) is 2. The number of methoxy groups -OCH3 is 2. The van der Waals surface area contributed by atoms with Gasteiger partial charge in [-0.15, -0.1) is 0 Å². The SMILES string of the molecule is CCN(CC)Cc1cccc(NCC(OC)OC)c1. The van der Waals surface area contributed by atoms with Crippen LogP contribution in [0.15, 0.2) is 24.3 Å². The molecule has 1 aromatic carbocycles. The van der Waals surface area contributed by atoms with Crippen molar-refractivity contribution in [2.45, 2.75) is 26.7 Å². The number of nitrogens with one attached hydrogen (secondary N) is 1. The van der Waals surface area contributed by atoms with Crippen molar-refractivity contribution in [3.05, 3.63) is 29.8 Å². The molecule has 0 heterocycles. The van der Waals surface area contributed by atoms with Gasteiger partial charge in [-0.3, -0.25) is 4.90 Å². The topological polar surface area (TPSA) is 33.7 Å². The summed E-state index contributed by atoms with van der Waals surface area (Å²) in [5.41, 5.74) is 2.42. The monoisotopic (exact) mass is 266 g/mol. The molecule has 0 saturated carbocycles. The van der Waals surface area contributed by atoms with Gasteiger partial charge in [0, 0.05) is 26.5 Å². The third-order valence-electron chi connectivity index (χ3n) is 3.23. The van der Waals surface area contributed by atoms with E-state index in [2.05, 4.69) is 48.3 Å². The second-order valence-electron chi connectivity index (χ2n) is 4.44. The Kier molecular flexibility index (Phi) is 7.48. The highest BCUT2D eigenvalue weighted by Gasteiger charge is 2.05. The van der Waals surface area contributed by atoms with Crippen LogP contribution in [0.25, 0.3) is 0 Å². The Morgan fingerprint density at radius 3 is 2.42 bits per heavy atom. The zero-order valence-electron chi connectivity index (χ0n) is 12.5. The minimum Gasteiger partial charge on any atom is -0.380 e. The lowest BCUT2D eigenvalue weighted by molar-refractivity contribution is -0.0914. The molecule has 0 bridgehead atoms. The van der Waals surface area contributed by atoms with Crippen LogP contribution in [0.1, 0.15) is 19.4 Å². The molecule has 4 heteroatoms. The van der Waals surface area contributed by atoms with E-state index in [1.54, 1.807) is 14.2 Å². The smallest absolute Gasteiger partial charge is 0.173 e. The predicted octanol–water partition coefficient (Wildman–Crippen LogP) is 2.56. The molecule has 0 unspecified atom stereocenters. The van der Waals surface area contributed by atoms with Gasteiger partial charge < -0.3 is 14.8 Å². The molecule has 0 spiro atoms. The minimum atomic E-state index is -0.216. The van der Waals surface area contributed by atoms with Gasteiger partial charge in [-0.05, 0) is 30.8 Å². The van der Waals surface area contributed by atoms with E-state index in [4.69, 9.17) is 9.47 Å². The lowest BCUT2D eigenvalue weighted by atomic mass is 10.2. The molecule has 0 amide bonds.